The summed E-state index contributed by atoms with van der Waals surface area (Å²) in [5.41, 5.74) is -0.0350. The van der Waals surface area contributed by atoms with Crippen molar-refractivity contribution in [3.05, 3.63) is 35.4 Å². The van der Waals surface area contributed by atoms with Crippen molar-refractivity contribution in [1.82, 2.24) is 10.2 Å². The van der Waals surface area contributed by atoms with E-state index in [2.05, 4.69) is 24.2 Å². The van der Waals surface area contributed by atoms with E-state index in [-0.39, 0.29) is 12.0 Å². The summed E-state index contributed by atoms with van der Waals surface area (Å²) in [4.78, 5) is 2.29. The second-order valence-corrected chi connectivity index (χ2v) is 6.37. The van der Waals surface area contributed by atoms with Crippen molar-refractivity contribution < 1.29 is 13.2 Å². The lowest BCUT2D eigenvalue weighted by molar-refractivity contribution is -0.138. The van der Waals surface area contributed by atoms with Gasteiger partial charge in [-0.1, -0.05) is 25.1 Å². The normalized spacial score (nSPS) is 19.7. The molecule has 1 aliphatic rings. The Labute approximate surface area is 124 Å². The van der Waals surface area contributed by atoms with Crippen LogP contribution in [0.3, 0.4) is 0 Å². The van der Waals surface area contributed by atoms with Crippen molar-refractivity contribution in [2.45, 2.75) is 32.5 Å². The minimum Gasteiger partial charge on any atom is -0.312 e. The molecule has 1 fully saturated rings. The van der Waals surface area contributed by atoms with E-state index in [0.29, 0.717) is 5.56 Å². The first-order valence-electron chi connectivity index (χ1n) is 7.35. The highest BCUT2D eigenvalue weighted by Gasteiger charge is 2.33. The summed E-state index contributed by atoms with van der Waals surface area (Å²) in [6, 6.07) is 5.79. The van der Waals surface area contributed by atoms with Gasteiger partial charge in [0.1, 0.15) is 0 Å². The maximum Gasteiger partial charge on any atom is 0.416 e. The van der Waals surface area contributed by atoms with Gasteiger partial charge in [-0.05, 0) is 50.0 Å². The standard InChI is InChI=1S/C16H23F3N2/c1-15(7-9-21(2)10-8-15)12-20-11-13-5-3-4-6-14(13)16(17,18)19/h3-6,20H,7-12H2,1-2H3. The van der Waals surface area contributed by atoms with Gasteiger partial charge in [0.25, 0.3) is 0 Å². The molecule has 1 heterocycles. The molecule has 5 heteroatoms. The van der Waals surface area contributed by atoms with Crippen LogP contribution in [0.15, 0.2) is 24.3 Å². The van der Waals surface area contributed by atoms with E-state index in [1.165, 1.54) is 6.07 Å². The topological polar surface area (TPSA) is 15.3 Å². The van der Waals surface area contributed by atoms with Crippen LogP contribution in [0.2, 0.25) is 0 Å². The molecule has 1 N–H and O–H groups in total. The lowest BCUT2D eigenvalue weighted by atomic mass is 9.80. The van der Waals surface area contributed by atoms with Crippen molar-refractivity contribution in [3.63, 3.8) is 0 Å². The predicted octanol–water partition coefficient (Wildman–Crippen LogP) is 3.53. The lowest BCUT2D eigenvalue weighted by Crippen LogP contribution is -2.42. The largest absolute Gasteiger partial charge is 0.416 e. The highest BCUT2D eigenvalue weighted by molar-refractivity contribution is 5.29. The van der Waals surface area contributed by atoms with Gasteiger partial charge < -0.3 is 10.2 Å². The lowest BCUT2D eigenvalue weighted by Gasteiger charge is -2.38. The van der Waals surface area contributed by atoms with Gasteiger partial charge in [-0.15, -0.1) is 0 Å². The fourth-order valence-corrected chi connectivity index (χ4v) is 2.79. The Hall–Kier alpha value is -1.07. The first-order valence-corrected chi connectivity index (χ1v) is 7.35. The Morgan fingerprint density at radius 3 is 2.43 bits per heavy atom. The van der Waals surface area contributed by atoms with Crippen LogP contribution in [0, 0.1) is 5.41 Å². The number of hydrogen-bond acceptors (Lipinski definition) is 2. The van der Waals surface area contributed by atoms with E-state index in [0.717, 1.165) is 38.5 Å². The molecule has 118 valence electrons. The van der Waals surface area contributed by atoms with Gasteiger partial charge in [0.2, 0.25) is 0 Å². The first kappa shape index (κ1) is 16.3. The smallest absolute Gasteiger partial charge is 0.312 e. The number of rotatable bonds is 4. The number of benzene rings is 1. The zero-order valence-corrected chi connectivity index (χ0v) is 12.6. The van der Waals surface area contributed by atoms with Crippen molar-refractivity contribution in [2.75, 3.05) is 26.7 Å². The monoisotopic (exact) mass is 300 g/mol. The van der Waals surface area contributed by atoms with E-state index >= 15 is 0 Å². The third kappa shape index (κ3) is 4.45. The van der Waals surface area contributed by atoms with E-state index in [9.17, 15) is 13.2 Å². The molecule has 2 rings (SSSR count). The van der Waals surface area contributed by atoms with E-state index in [1.807, 2.05) is 0 Å². The summed E-state index contributed by atoms with van der Waals surface area (Å²) in [6.45, 7) is 5.34. The molecule has 0 bridgehead atoms. The predicted molar refractivity (Wildman–Crippen MR) is 78.0 cm³/mol. The van der Waals surface area contributed by atoms with E-state index < -0.39 is 11.7 Å². The summed E-state index contributed by atoms with van der Waals surface area (Å²) in [5, 5.41) is 3.22. The maximum absolute atomic E-state index is 12.9. The second-order valence-electron chi connectivity index (χ2n) is 6.37. The number of piperidine rings is 1. The zero-order valence-electron chi connectivity index (χ0n) is 12.6. The molecular weight excluding hydrogens is 277 g/mol. The summed E-state index contributed by atoms with van der Waals surface area (Å²) in [6.07, 6.45) is -2.12. The summed E-state index contributed by atoms with van der Waals surface area (Å²) in [5.74, 6) is 0. The van der Waals surface area contributed by atoms with Gasteiger partial charge in [-0.3, -0.25) is 0 Å². The van der Waals surface area contributed by atoms with Crippen LogP contribution in [0.5, 0.6) is 0 Å². The SMILES string of the molecule is CN1CCC(C)(CNCc2ccccc2C(F)(F)F)CC1. The van der Waals surface area contributed by atoms with E-state index in [1.54, 1.807) is 12.1 Å². The highest BCUT2D eigenvalue weighted by Crippen LogP contribution is 2.32. The van der Waals surface area contributed by atoms with Crippen LogP contribution >= 0.6 is 0 Å². The number of alkyl halides is 3. The van der Waals surface area contributed by atoms with Crippen LogP contribution in [-0.4, -0.2) is 31.6 Å². The molecule has 21 heavy (non-hydrogen) atoms. The fourth-order valence-electron chi connectivity index (χ4n) is 2.79. The summed E-state index contributed by atoms with van der Waals surface area (Å²) in [7, 11) is 2.10. The molecule has 1 aromatic rings. The molecule has 0 aromatic heterocycles. The van der Waals surface area contributed by atoms with Crippen molar-refractivity contribution in [1.29, 1.82) is 0 Å². The minimum atomic E-state index is -4.28. The number of hydrogen-bond donors (Lipinski definition) is 1. The van der Waals surface area contributed by atoms with Crippen molar-refractivity contribution >= 4 is 0 Å². The molecule has 0 saturated carbocycles. The van der Waals surface area contributed by atoms with Crippen LogP contribution < -0.4 is 5.32 Å². The van der Waals surface area contributed by atoms with Crippen molar-refractivity contribution in [2.24, 2.45) is 5.41 Å². The van der Waals surface area contributed by atoms with Gasteiger partial charge in [0, 0.05) is 13.1 Å². The molecule has 0 radical (unpaired) electrons. The maximum atomic E-state index is 12.9. The molecule has 0 unspecified atom stereocenters. The van der Waals surface area contributed by atoms with Crippen LogP contribution in [-0.2, 0) is 12.7 Å². The molecular formula is C16H23F3N2. The molecule has 1 aliphatic heterocycles. The van der Waals surface area contributed by atoms with Gasteiger partial charge >= 0.3 is 6.18 Å². The molecule has 0 amide bonds. The third-order valence-electron chi connectivity index (χ3n) is 4.38. The van der Waals surface area contributed by atoms with Crippen LogP contribution in [0.1, 0.15) is 30.9 Å². The molecule has 2 nitrogen and oxygen atoms in total. The number of nitrogens with zero attached hydrogens (tertiary/aromatic N) is 1. The Morgan fingerprint density at radius 2 is 1.81 bits per heavy atom. The van der Waals surface area contributed by atoms with E-state index in [4.69, 9.17) is 0 Å². The van der Waals surface area contributed by atoms with Gasteiger partial charge in [0.05, 0.1) is 5.56 Å². The minimum absolute atomic E-state index is 0.180. The molecule has 1 saturated heterocycles. The Balaban J connectivity index is 1.92. The van der Waals surface area contributed by atoms with Crippen LogP contribution in [0.25, 0.3) is 0 Å². The Morgan fingerprint density at radius 1 is 1.19 bits per heavy atom. The summed E-state index contributed by atoms with van der Waals surface area (Å²) >= 11 is 0. The van der Waals surface area contributed by atoms with Crippen molar-refractivity contribution in [3.8, 4) is 0 Å². The Bertz CT molecular complexity index is 463. The zero-order chi connectivity index (χ0) is 15.5. The quantitative estimate of drug-likeness (QED) is 0.915. The average Bonchev–Trinajstić information content (AvgIpc) is 2.42. The molecule has 1 aromatic carbocycles. The number of nitrogens with one attached hydrogen (secondary N) is 1. The highest BCUT2D eigenvalue weighted by atomic mass is 19.4. The third-order valence-corrected chi connectivity index (χ3v) is 4.38. The molecule has 0 atom stereocenters. The second kappa shape index (κ2) is 6.36. The number of halogens is 3. The van der Waals surface area contributed by atoms with Gasteiger partial charge in [-0.2, -0.15) is 13.2 Å². The van der Waals surface area contributed by atoms with Crippen LogP contribution in [0.4, 0.5) is 13.2 Å². The van der Waals surface area contributed by atoms with Gasteiger partial charge in [-0.25, -0.2) is 0 Å². The summed E-state index contributed by atoms with van der Waals surface area (Å²) < 4.78 is 38.7. The number of likely N-dealkylation sites (tertiary alicyclic amines) is 1. The fraction of sp³-hybridized carbons (Fsp3) is 0.625. The molecule has 0 aliphatic carbocycles. The van der Waals surface area contributed by atoms with Gasteiger partial charge in [0.15, 0.2) is 0 Å². The molecule has 0 spiro atoms. The first-order chi connectivity index (χ1) is 9.80. The Kier molecular flexibility index (Phi) is 4.94. The average molecular weight is 300 g/mol.